The molecule has 0 unspecified atom stereocenters. The van der Waals surface area contributed by atoms with Crippen molar-refractivity contribution in [1.29, 1.82) is 0 Å². The summed E-state index contributed by atoms with van der Waals surface area (Å²) in [6, 6.07) is 0. The van der Waals surface area contributed by atoms with Gasteiger partial charge >= 0.3 is 0 Å². The second-order valence-corrected chi connectivity index (χ2v) is 4.86. The van der Waals surface area contributed by atoms with E-state index in [0.29, 0.717) is 5.92 Å². The first-order chi connectivity index (χ1) is 7.07. The summed E-state index contributed by atoms with van der Waals surface area (Å²) in [6.07, 6.45) is 2.52. The molecule has 0 aliphatic carbocycles. The Bertz CT molecular complexity index is 324. The maximum absolute atomic E-state index is 11.7. The molecule has 0 aromatic rings. The molecule has 2 saturated heterocycles. The van der Waals surface area contributed by atoms with Gasteiger partial charge in [-0.25, -0.2) is 0 Å². The highest BCUT2D eigenvalue weighted by Crippen LogP contribution is 2.41. The number of amides is 1. The number of carbonyl (C=O) groups is 1. The van der Waals surface area contributed by atoms with Crippen LogP contribution in [-0.4, -0.2) is 30.4 Å². The molecular weight excluding hydrogens is 188 g/mol. The van der Waals surface area contributed by atoms with E-state index < -0.39 is 0 Å². The number of nitrogens with zero attached hydrogens (tertiary/aromatic N) is 1. The lowest BCUT2D eigenvalue weighted by Crippen LogP contribution is -2.55. The molecule has 2 bridgehead atoms. The lowest BCUT2D eigenvalue weighted by molar-refractivity contribution is -0.127. The average Bonchev–Trinajstić information content (AvgIpc) is 2.23. The number of hydrogen-bond acceptors (Lipinski definition) is 2. The molecule has 15 heavy (non-hydrogen) atoms. The standard InChI is InChI=1S/C12H18N2O/c1-4-11(15)14-7-10-5-12(3,9(14)2)8-13-6-10/h4,10,13H,1-2,5-8H2,3H3/t10-,12+/m0/s1. The van der Waals surface area contributed by atoms with Crippen molar-refractivity contribution >= 4 is 5.91 Å². The van der Waals surface area contributed by atoms with Gasteiger partial charge in [0, 0.05) is 24.2 Å². The Morgan fingerprint density at radius 2 is 2.47 bits per heavy atom. The van der Waals surface area contributed by atoms with Gasteiger partial charge in [-0.05, 0) is 25.0 Å². The second-order valence-electron chi connectivity index (χ2n) is 4.86. The summed E-state index contributed by atoms with van der Waals surface area (Å²) in [6.45, 7) is 12.5. The summed E-state index contributed by atoms with van der Waals surface area (Å²) in [5.74, 6) is 0.538. The minimum Gasteiger partial charge on any atom is -0.315 e. The maximum Gasteiger partial charge on any atom is 0.250 e. The minimum absolute atomic E-state index is 0.0159. The van der Waals surface area contributed by atoms with Gasteiger partial charge in [0.15, 0.2) is 0 Å². The Balaban J connectivity index is 2.26. The van der Waals surface area contributed by atoms with Gasteiger partial charge in [-0.3, -0.25) is 4.79 Å². The van der Waals surface area contributed by atoms with Crippen molar-refractivity contribution in [3.8, 4) is 0 Å². The third kappa shape index (κ3) is 1.61. The van der Waals surface area contributed by atoms with E-state index >= 15 is 0 Å². The second kappa shape index (κ2) is 3.49. The van der Waals surface area contributed by atoms with Crippen molar-refractivity contribution in [3.63, 3.8) is 0 Å². The number of carbonyl (C=O) groups excluding carboxylic acids is 1. The van der Waals surface area contributed by atoms with Gasteiger partial charge in [0.05, 0.1) is 0 Å². The number of hydrogen-bond donors (Lipinski definition) is 1. The predicted octanol–water partition coefficient (Wildman–Crippen LogP) is 1.14. The summed E-state index contributed by atoms with van der Waals surface area (Å²) < 4.78 is 0. The Hall–Kier alpha value is -1.09. The summed E-state index contributed by atoms with van der Waals surface area (Å²) in [5.41, 5.74) is 0.982. The van der Waals surface area contributed by atoms with E-state index in [1.807, 2.05) is 0 Å². The van der Waals surface area contributed by atoms with Gasteiger partial charge in [0.25, 0.3) is 0 Å². The van der Waals surface area contributed by atoms with E-state index in [9.17, 15) is 4.79 Å². The molecule has 0 radical (unpaired) electrons. The van der Waals surface area contributed by atoms with Gasteiger partial charge < -0.3 is 10.2 Å². The van der Waals surface area contributed by atoms with Crippen LogP contribution in [0.25, 0.3) is 0 Å². The molecule has 2 aliphatic heterocycles. The van der Waals surface area contributed by atoms with Crippen LogP contribution in [0.15, 0.2) is 24.9 Å². The van der Waals surface area contributed by atoms with Crippen LogP contribution in [0.1, 0.15) is 13.3 Å². The summed E-state index contributed by atoms with van der Waals surface area (Å²) in [5, 5.41) is 3.41. The van der Waals surface area contributed by atoms with Crippen molar-refractivity contribution in [2.45, 2.75) is 13.3 Å². The summed E-state index contributed by atoms with van der Waals surface area (Å²) >= 11 is 0. The number of fused-ring (bicyclic) bond motifs is 2. The van der Waals surface area contributed by atoms with Crippen LogP contribution in [0.3, 0.4) is 0 Å². The van der Waals surface area contributed by atoms with Crippen molar-refractivity contribution in [3.05, 3.63) is 24.9 Å². The molecule has 0 aromatic heterocycles. The van der Waals surface area contributed by atoms with Crippen LogP contribution < -0.4 is 5.32 Å². The molecule has 2 heterocycles. The van der Waals surface area contributed by atoms with E-state index in [-0.39, 0.29) is 11.3 Å². The molecule has 2 fully saturated rings. The molecule has 0 saturated carbocycles. The molecule has 3 nitrogen and oxygen atoms in total. The van der Waals surface area contributed by atoms with Crippen molar-refractivity contribution in [2.75, 3.05) is 19.6 Å². The Labute approximate surface area is 90.8 Å². The topological polar surface area (TPSA) is 32.3 Å². The minimum atomic E-state index is -0.0159. The Morgan fingerprint density at radius 1 is 1.73 bits per heavy atom. The molecule has 3 heteroatoms. The van der Waals surface area contributed by atoms with Crippen LogP contribution >= 0.6 is 0 Å². The Kier molecular flexibility index (Phi) is 2.43. The number of nitrogens with one attached hydrogen (secondary N) is 1. The third-order valence-corrected chi connectivity index (χ3v) is 3.59. The van der Waals surface area contributed by atoms with Crippen LogP contribution in [0, 0.1) is 11.3 Å². The van der Waals surface area contributed by atoms with E-state index in [0.717, 1.165) is 31.8 Å². The normalized spacial score (nSPS) is 35.1. The zero-order valence-electron chi connectivity index (χ0n) is 9.25. The number of rotatable bonds is 1. The molecule has 0 spiro atoms. The monoisotopic (exact) mass is 206 g/mol. The van der Waals surface area contributed by atoms with Gasteiger partial charge in [-0.15, -0.1) is 0 Å². The van der Waals surface area contributed by atoms with Crippen LogP contribution in [-0.2, 0) is 4.79 Å². The zero-order chi connectivity index (χ0) is 11.1. The quantitative estimate of drug-likeness (QED) is 0.653. The SMILES string of the molecule is C=CC(=O)N1C[C@@H]2CNC[C@@](C)(C2)C1=C. The molecule has 2 aliphatic rings. The van der Waals surface area contributed by atoms with Crippen LogP contribution in [0.2, 0.25) is 0 Å². The van der Waals surface area contributed by atoms with E-state index in [1.165, 1.54) is 6.08 Å². The third-order valence-electron chi connectivity index (χ3n) is 3.59. The molecule has 2 atom stereocenters. The fourth-order valence-corrected chi connectivity index (χ4v) is 2.71. The molecule has 0 aromatic carbocycles. The zero-order valence-corrected chi connectivity index (χ0v) is 9.25. The van der Waals surface area contributed by atoms with Crippen LogP contribution in [0.4, 0.5) is 0 Å². The lowest BCUT2D eigenvalue weighted by Gasteiger charge is -2.49. The highest BCUT2D eigenvalue weighted by Gasteiger charge is 2.43. The fraction of sp³-hybridized carbons (Fsp3) is 0.583. The van der Waals surface area contributed by atoms with Crippen molar-refractivity contribution in [2.24, 2.45) is 11.3 Å². The van der Waals surface area contributed by atoms with Gasteiger partial charge in [-0.1, -0.05) is 20.1 Å². The first kappa shape index (κ1) is 10.4. The first-order valence-corrected chi connectivity index (χ1v) is 5.41. The Morgan fingerprint density at radius 3 is 3.13 bits per heavy atom. The highest BCUT2D eigenvalue weighted by molar-refractivity contribution is 5.88. The van der Waals surface area contributed by atoms with Crippen LogP contribution in [0.5, 0.6) is 0 Å². The fourth-order valence-electron chi connectivity index (χ4n) is 2.71. The van der Waals surface area contributed by atoms with Gasteiger partial charge in [0.2, 0.25) is 5.91 Å². The number of likely N-dealkylation sites (tertiary alicyclic amines) is 1. The molecule has 1 amide bonds. The predicted molar refractivity (Wildman–Crippen MR) is 60.1 cm³/mol. The highest BCUT2D eigenvalue weighted by atomic mass is 16.2. The van der Waals surface area contributed by atoms with Crippen molar-refractivity contribution in [1.82, 2.24) is 10.2 Å². The lowest BCUT2D eigenvalue weighted by atomic mass is 9.72. The molecule has 82 valence electrons. The molecule has 2 rings (SSSR count). The smallest absolute Gasteiger partial charge is 0.250 e. The van der Waals surface area contributed by atoms with Gasteiger partial charge in [0.1, 0.15) is 0 Å². The van der Waals surface area contributed by atoms with E-state index in [2.05, 4.69) is 25.4 Å². The largest absolute Gasteiger partial charge is 0.315 e. The molecule has 1 N–H and O–H groups in total. The average molecular weight is 206 g/mol. The van der Waals surface area contributed by atoms with Crippen molar-refractivity contribution < 1.29 is 4.79 Å². The van der Waals surface area contributed by atoms with E-state index in [4.69, 9.17) is 0 Å². The van der Waals surface area contributed by atoms with E-state index in [1.54, 1.807) is 4.90 Å². The summed E-state index contributed by atoms with van der Waals surface area (Å²) in [4.78, 5) is 13.5. The molecular formula is C12H18N2O. The first-order valence-electron chi connectivity index (χ1n) is 5.41. The summed E-state index contributed by atoms with van der Waals surface area (Å²) in [7, 11) is 0. The van der Waals surface area contributed by atoms with Gasteiger partial charge in [-0.2, -0.15) is 0 Å². The maximum atomic E-state index is 11.7. The number of piperidine rings is 2.